The van der Waals surface area contributed by atoms with Crippen molar-refractivity contribution in [2.75, 3.05) is 7.05 Å². The third-order valence-electron chi connectivity index (χ3n) is 3.05. The first-order valence-electron chi connectivity index (χ1n) is 6.08. The Kier molecular flexibility index (Phi) is 4.81. The highest BCUT2D eigenvalue weighted by atomic mass is 79.9. The maximum absolute atomic E-state index is 4.42. The highest BCUT2D eigenvalue weighted by Gasteiger charge is 2.12. The van der Waals surface area contributed by atoms with Crippen molar-refractivity contribution in [3.05, 3.63) is 50.2 Å². The lowest BCUT2D eigenvalue weighted by Crippen LogP contribution is -2.19. The van der Waals surface area contributed by atoms with Crippen LogP contribution in [0.3, 0.4) is 0 Å². The van der Waals surface area contributed by atoms with Gasteiger partial charge in [-0.15, -0.1) is 0 Å². The Morgan fingerprint density at radius 3 is 2.32 bits per heavy atom. The summed E-state index contributed by atoms with van der Waals surface area (Å²) in [5.74, 6) is 0. The van der Waals surface area contributed by atoms with Crippen LogP contribution in [-0.4, -0.2) is 21.7 Å². The molecule has 1 aromatic carbocycles. The van der Waals surface area contributed by atoms with Crippen molar-refractivity contribution < 1.29 is 0 Å². The minimum absolute atomic E-state index is 0.869. The molecule has 0 fully saturated rings. The van der Waals surface area contributed by atoms with Gasteiger partial charge in [-0.1, -0.05) is 28.1 Å². The molecule has 3 nitrogen and oxygen atoms in total. The summed E-state index contributed by atoms with van der Waals surface area (Å²) < 4.78 is 4.17. The van der Waals surface area contributed by atoms with Gasteiger partial charge in [0.05, 0.1) is 15.9 Å². The molecule has 1 heterocycles. The molecule has 5 heteroatoms. The fourth-order valence-corrected chi connectivity index (χ4v) is 2.79. The van der Waals surface area contributed by atoms with E-state index in [0.29, 0.717) is 0 Å². The zero-order valence-electron chi connectivity index (χ0n) is 11.3. The topological polar surface area (TPSA) is 21.1 Å². The van der Waals surface area contributed by atoms with Crippen LogP contribution >= 0.6 is 31.9 Å². The van der Waals surface area contributed by atoms with Crippen molar-refractivity contribution in [1.29, 1.82) is 0 Å². The van der Waals surface area contributed by atoms with Gasteiger partial charge in [0, 0.05) is 24.6 Å². The summed E-state index contributed by atoms with van der Waals surface area (Å²) in [6.07, 6.45) is 0. The molecule has 2 aromatic rings. The number of benzene rings is 1. The van der Waals surface area contributed by atoms with Crippen LogP contribution in [0.2, 0.25) is 0 Å². The van der Waals surface area contributed by atoms with Gasteiger partial charge in [-0.25, -0.2) is 0 Å². The number of aryl methyl sites for hydroxylation is 2. The molecule has 0 spiro atoms. The monoisotopic (exact) mass is 385 g/mol. The first-order chi connectivity index (χ1) is 8.97. The predicted molar refractivity (Wildman–Crippen MR) is 85.0 cm³/mol. The maximum Gasteiger partial charge on any atom is 0.0739 e. The van der Waals surface area contributed by atoms with Crippen LogP contribution < -0.4 is 0 Å². The Morgan fingerprint density at radius 1 is 1.16 bits per heavy atom. The molecule has 1 aromatic heterocycles. The SMILES string of the molecule is Cc1nn(C)c(CN(C)Cc2ccc(Br)cc2)c1Br. The molecule has 0 unspecified atom stereocenters. The number of aromatic nitrogens is 2. The van der Waals surface area contributed by atoms with Gasteiger partial charge < -0.3 is 0 Å². The zero-order chi connectivity index (χ0) is 14.0. The van der Waals surface area contributed by atoms with E-state index in [1.165, 1.54) is 11.3 Å². The second kappa shape index (κ2) is 6.20. The van der Waals surface area contributed by atoms with Gasteiger partial charge in [-0.3, -0.25) is 9.58 Å². The summed E-state index contributed by atoms with van der Waals surface area (Å²) >= 11 is 7.06. The van der Waals surface area contributed by atoms with E-state index in [2.05, 4.69) is 73.2 Å². The van der Waals surface area contributed by atoms with Gasteiger partial charge in [0.2, 0.25) is 0 Å². The summed E-state index contributed by atoms with van der Waals surface area (Å²) in [5, 5.41) is 4.42. The Balaban J connectivity index is 2.05. The van der Waals surface area contributed by atoms with Crippen molar-refractivity contribution in [1.82, 2.24) is 14.7 Å². The Bertz CT molecular complexity index is 561. The fraction of sp³-hybridized carbons (Fsp3) is 0.357. The van der Waals surface area contributed by atoms with Crippen molar-refractivity contribution in [2.24, 2.45) is 7.05 Å². The van der Waals surface area contributed by atoms with E-state index < -0.39 is 0 Å². The number of nitrogens with zero attached hydrogens (tertiary/aromatic N) is 3. The molecule has 2 rings (SSSR count). The average molecular weight is 387 g/mol. The molecule has 0 saturated heterocycles. The molecule has 0 atom stereocenters. The molecule has 19 heavy (non-hydrogen) atoms. The maximum atomic E-state index is 4.42. The van der Waals surface area contributed by atoms with Crippen molar-refractivity contribution in [3.63, 3.8) is 0 Å². The third-order valence-corrected chi connectivity index (χ3v) is 4.61. The van der Waals surface area contributed by atoms with Gasteiger partial charge in [0.15, 0.2) is 0 Å². The molecule has 0 N–H and O–H groups in total. The fourth-order valence-electron chi connectivity index (χ4n) is 2.06. The average Bonchev–Trinajstić information content (AvgIpc) is 2.59. The smallest absolute Gasteiger partial charge is 0.0739 e. The van der Waals surface area contributed by atoms with E-state index in [0.717, 1.165) is 27.7 Å². The van der Waals surface area contributed by atoms with Crippen LogP contribution in [0.1, 0.15) is 17.0 Å². The normalized spacial score (nSPS) is 11.3. The molecule has 0 amide bonds. The standard InChI is InChI=1S/C14H17Br2N3/c1-10-14(16)13(19(3)17-10)9-18(2)8-11-4-6-12(15)7-5-11/h4-7H,8-9H2,1-3H3. The van der Waals surface area contributed by atoms with Crippen LogP contribution in [-0.2, 0) is 20.1 Å². The van der Waals surface area contributed by atoms with Gasteiger partial charge in [0.25, 0.3) is 0 Å². The molecular weight excluding hydrogens is 370 g/mol. The number of hydrogen-bond acceptors (Lipinski definition) is 2. The molecular formula is C14H17Br2N3. The van der Waals surface area contributed by atoms with Crippen molar-refractivity contribution >= 4 is 31.9 Å². The van der Waals surface area contributed by atoms with E-state index >= 15 is 0 Å². The molecule has 0 aliphatic heterocycles. The summed E-state index contributed by atoms with van der Waals surface area (Å²) in [6.45, 7) is 3.81. The lowest BCUT2D eigenvalue weighted by atomic mass is 10.2. The Morgan fingerprint density at radius 2 is 1.79 bits per heavy atom. The molecule has 0 saturated carbocycles. The van der Waals surface area contributed by atoms with Crippen LogP contribution in [0, 0.1) is 6.92 Å². The van der Waals surface area contributed by atoms with E-state index in [1.54, 1.807) is 0 Å². The first-order valence-corrected chi connectivity index (χ1v) is 7.67. The van der Waals surface area contributed by atoms with E-state index in [-0.39, 0.29) is 0 Å². The zero-order valence-corrected chi connectivity index (χ0v) is 14.5. The van der Waals surface area contributed by atoms with Crippen molar-refractivity contribution in [3.8, 4) is 0 Å². The lowest BCUT2D eigenvalue weighted by Gasteiger charge is -2.17. The molecule has 102 valence electrons. The number of rotatable bonds is 4. The molecule has 0 bridgehead atoms. The highest BCUT2D eigenvalue weighted by molar-refractivity contribution is 9.10. The van der Waals surface area contributed by atoms with E-state index in [9.17, 15) is 0 Å². The number of hydrogen-bond donors (Lipinski definition) is 0. The molecule has 0 aliphatic rings. The second-order valence-corrected chi connectivity index (χ2v) is 6.48. The summed E-state index contributed by atoms with van der Waals surface area (Å²) in [7, 11) is 4.11. The van der Waals surface area contributed by atoms with Gasteiger partial charge >= 0.3 is 0 Å². The minimum atomic E-state index is 0.869. The third kappa shape index (κ3) is 3.68. The molecule has 0 aliphatic carbocycles. The number of halogens is 2. The van der Waals surface area contributed by atoms with Crippen LogP contribution in [0.25, 0.3) is 0 Å². The van der Waals surface area contributed by atoms with Gasteiger partial charge in [0.1, 0.15) is 0 Å². The second-order valence-electron chi connectivity index (χ2n) is 4.77. The quantitative estimate of drug-likeness (QED) is 0.794. The van der Waals surface area contributed by atoms with E-state index in [1.807, 2.05) is 18.7 Å². The summed E-state index contributed by atoms with van der Waals surface area (Å²) in [6, 6.07) is 8.44. The minimum Gasteiger partial charge on any atom is -0.296 e. The van der Waals surface area contributed by atoms with Gasteiger partial charge in [-0.2, -0.15) is 5.10 Å². The highest BCUT2D eigenvalue weighted by Crippen LogP contribution is 2.22. The van der Waals surface area contributed by atoms with Crippen LogP contribution in [0.5, 0.6) is 0 Å². The lowest BCUT2D eigenvalue weighted by molar-refractivity contribution is 0.309. The van der Waals surface area contributed by atoms with E-state index in [4.69, 9.17) is 0 Å². The van der Waals surface area contributed by atoms with Crippen LogP contribution in [0.4, 0.5) is 0 Å². The Hall–Kier alpha value is -0.650. The molecule has 0 radical (unpaired) electrons. The summed E-state index contributed by atoms with van der Waals surface area (Å²) in [4.78, 5) is 2.28. The Labute approximate surface area is 130 Å². The first kappa shape index (κ1) is 14.8. The van der Waals surface area contributed by atoms with Crippen molar-refractivity contribution in [2.45, 2.75) is 20.0 Å². The predicted octanol–water partition coefficient (Wildman–Crippen LogP) is 3.89. The largest absolute Gasteiger partial charge is 0.296 e. The summed E-state index contributed by atoms with van der Waals surface area (Å²) in [5.41, 5.74) is 3.55. The van der Waals surface area contributed by atoms with Crippen LogP contribution in [0.15, 0.2) is 33.2 Å². The van der Waals surface area contributed by atoms with Gasteiger partial charge in [-0.05, 0) is 47.6 Å².